The first-order valence-corrected chi connectivity index (χ1v) is 8.19. The fraction of sp³-hybridized carbons (Fsp3) is 0.278. The number of H-pyrrole nitrogens is 1. The van der Waals surface area contributed by atoms with Crippen molar-refractivity contribution in [3.63, 3.8) is 0 Å². The molecule has 0 atom stereocenters. The molecule has 2 heterocycles. The summed E-state index contributed by atoms with van der Waals surface area (Å²) in [7, 11) is 0. The predicted octanol–water partition coefficient (Wildman–Crippen LogP) is 2.69. The van der Waals surface area contributed by atoms with E-state index in [2.05, 4.69) is 15.1 Å². The van der Waals surface area contributed by atoms with Crippen LogP contribution in [0.3, 0.4) is 0 Å². The molecule has 1 aliphatic rings. The maximum atomic E-state index is 12.9. The third kappa shape index (κ3) is 3.80. The number of hydrogen-bond acceptors (Lipinski definition) is 6. The van der Waals surface area contributed by atoms with Gasteiger partial charge in [-0.15, -0.1) is 0 Å². The largest absolute Gasteiger partial charge is 0.473 e. The molecule has 1 aliphatic carbocycles. The molecule has 3 aromatic rings. The second-order valence-electron chi connectivity index (χ2n) is 6.09. The number of aromatic nitrogens is 3. The molecule has 0 saturated heterocycles. The van der Waals surface area contributed by atoms with Crippen molar-refractivity contribution in [2.75, 3.05) is 0 Å². The van der Waals surface area contributed by atoms with Gasteiger partial charge in [0.15, 0.2) is 5.76 Å². The van der Waals surface area contributed by atoms with Crippen LogP contribution in [0.4, 0.5) is 4.39 Å². The van der Waals surface area contributed by atoms with Crippen molar-refractivity contribution in [2.24, 2.45) is 0 Å². The lowest BCUT2D eigenvalue weighted by Gasteiger charge is -2.34. The summed E-state index contributed by atoms with van der Waals surface area (Å²) in [6.45, 7) is 0.452. The molecule has 134 valence electrons. The van der Waals surface area contributed by atoms with Gasteiger partial charge in [-0.2, -0.15) is 5.16 Å². The fourth-order valence-corrected chi connectivity index (χ4v) is 2.63. The third-order valence-electron chi connectivity index (χ3n) is 4.14. The van der Waals surface area contributed by atoms with Crippen molar-refractivity contribution >= 4 is 0 Å². The number of halogens is 1. The van der Waals surface area contributed by atoms with Crippen molar-refractivity contribution in [3.8, 4) is 17.3 Å². The standard InChI is InChI=1S/C18H16FN3O4/c19-12-3-1-11(2-4-12)10-24-13-5-14(6-13)25-18-9-20-15(8-21-18)16-7-17(23)22-26-16/h1-4,7-9,13-14H,5-6,10H2,(H,22,23). The zero-order chi connectivity index (χ0) is 17.9. The van der Waals surface area contributed by atoms with E-state index in [1.54, 1.807) is 12.1 Å². The maximum Gasteiger partial charge on any atom is 0.280 e. The van der Waals surface area contributed by atoms with Crippen molar-refractivity contribution in [1.82, 2.24) is 15.1 Å². The molecule has 26 heavy (non-hydrogen) atoms. The van der Waals surface area contributed by atoms with E-state index < -0.39 is 0 Å². The highest BCUT2D eigenvalue weighted by Gasteiger charge is 2.32. The van der Waals surface area contributed by atoms with Crippen LogP contribution in [0.25, 0.3) is 11.5 Å². The van der Waals surface area contributed by atoms with Gasteiger partial charge in [0.25, 0.3) is 5.56 Å². The highest BCUT2D eigenvalue weighted by atomic mass is 19.1. The van der Waals surface area contributed by atoms with Crippen molar-refractivity contribution in [2.45, 2.75) is 31.7 Å². The van der Waals surface area contributed by atoms with Crippen molar-refractivity contribution in [3.05, 3.63) is 64.5 Å². The van der Waals surface area contributed by atoms with Crippen LogP contribution in [-0.4, -0.2) is 27.3 Å². The molecule has 1 saturated carbocycles. The van der Waals surface area contributed by atoms with Gasteiger partial charge in [0.05, 0.1) is 31.2 Å². The predicted molar refractivity (Wildman–Crippen MR) is 89.0 cm³/mol. The summed E-state index contributed by atoms with van der Waals surface area (Å²) in [6.07, 6.45) is 4.65. The Morgan fingerprint density at radius 3 is 2.62 bits per heavy atom. The van der Waals surface area contributed by atoms with E-state index in [0.717, 1.165) is 18.4 Å². The molecule has 0 aliphatic heterocycles. The summed E-state index contributed by atoms with van der Waals surface area (Å²) in [4.78, 5) is 19.4. The van der Waals surface area contributed by atoms with Crippen LogP contribution in [0, 0.1) is 5.82 Å². The van der Waals surface area contributed by atoms with E-state index in [4.69, 9.17) is 14.0 Å². The molecule has 0 spiro atoms. The highest BCUT2D eigenvalue weighted by Crippen LogP contribution is 2.28. The molecular weight excluding hydrogens is 341 g/mol. The molecule has 0 unspecified atom stereocenters. The summed E-state index contributed by atoms with van der Waals surface area (Å²) in [5.74, 6) is 0.484. The molecule has 0 bridgehead atoms. The summed E-state index contributed by atoms with van der Waals surface area (Å²) < 4.78 is 29.3. The lowest BCUT2D eigenvalue weighted by atomic mass is 9.92. The number of aromatic amines is 1. The fourth-order valence-electron chi connectivity index (χ4n) is 2.63. The van der Waals surface area contributed by atoms with Gasteiger partial charge in [-0.3, -0.25) is 4.79 Å². The summed E-state index contributed by atoms with van der Waals surface area (Å²) >= 11 is 0. The van der Waals surface area contributed by atoms with Crippen LogP contribution in [0.15, 0.2) is 52.0 Å². The van der Waals surface area contributed by atoms with Gasteiger partial charge in [0, 0.05) is 12.8 Å². The van der Waals surface area contributed by atoms with E-state index in [9.17, 15) is 9.18 Å². The molecule has 2 aromatic heterocycles. The zero-order valence-electron chi connectivity index (χ0n) is 13.7. The van der Waals surface area contributed by atoms with E-state index in [-0.39, 0.29) is 23.6 Å². The average Bonchev–Trinajstić information content (AvgIpc) is 3.05. The van der Waals surface area contributed by atoms with Gasteiger partial charge < -0.3 is 14.0 Å². The highest BCUT2D eigenvalue weighted by molar-refractivity contribution is 5.49. The first-order valence-electron chi connectivity index (χ1n) is 8.19. The molecular formula is C18H16FN3O4. The van der Waals surface area contributed by atoms with Crippen LogP contribution in [-0.2, 0) is 11.3 Å². The Bertz CT molecular complexity index is 915. The normalized spacial score (nSPS) is 19.1. The van der Waals surface area contributed by atoms with Gasteiger partial charge in [-0.05, 0) is 17.7 Å². The number of rotatable bonds is 6. The lowest BCUT2D eigenvalue weighted by Crippen LogP contribution is -2.39. The van der Waals surface area contributed by atoms with Gasteiger partial charge in [0.1, 0.15) is 17.6 Å². The Balaban J connectivity index is 1.23. The molecule has 1 aromatic carbocycles. The number of nitrogens with zero attached hydrogens (tertiary/aromatic N) is 2. The van der Waals surface area contributed by atoms with Gasteiger partial charge in [-0.1, -0.05) is 12.1 Å². The van der Waals surface area contributed by atoms with Crippen molar-refractivity contribution < 1.29 is 18.4 Å². The maximum absolute atomic E-state index is 12.9. The Morgan fingerprint density at radius 1 is 1.15 bits per heavy atom. The second-order valence-corrected chi connectivity index (χ2v) is 6.09. The smallest absolute Gasteiger partial charge is 0.280 e. The van der Waals surface area contributed by atoms with Crippen LogP contribution >= 0.6 is 0 Å². The van der Waals surface area contributed by atoms with Crippen LogP contribution < -0.4 is 10.3 Å². The summed E-state index contributed by atoms with van der Waals surface area (Å²) in [5, 5.41) is 2.20. The number of benzene rings is 1. The molecule has 1 fully saturated rings. The Labute approximate surface area is 147 Å². The van der Waals surface area contributed by atoms with Crippen molar-refractivity contribution in [1.29, 1.82) is 0 Å². The van der Waals surface area contributed by atoms with E-state index in [1.165, 1.54) is 30.6 Å². The third-order valence-corrected chi connectivity index (χ3v) is 4.14. The van der Waals surface area contributed by atoms with Crippen LogP contribution in [0.1, 0.15) is 18.4 Å². The van der Waals surface area contributed by atoms with E-state index in [1.807, 2.05) is 0 Å². The zero-order valence-corrected chi connectivity index (χ0v) is 13.7. The average molecular weight is 357 g/mol. The van der Waals surface area contributed by atoms with Gasteiger partial charge in [-0.25, -0.2) is 14.4 Å². The molecule has 4 rings (SSSR count). The topological polar surface area (TPSA) is 90.2 Å². The number of ether oxygens (including phenoxy) is 2. The lowest BCUT2D eigenvalue weighted by molar-refractivity contribution is -0.0696. The Hall–Kier alpha value is -3.00. The minimum absolute atomic E-state index is 0.0264. The minimum Gasteiger partial charge on any atom is -0.473 e. The molecule has 7 nitrogen and oxygen atoms in total. The summed E-state index contributed by atoms with van der Waals surface area (Å²) in [5.41, 5.74) is 1.06. The van der Waals surface area contributed by atoms with Crippen LogP contribution in [0.5, 0.6) is 5.88 Å². The quantitative estimate of drug-likeness (QED) is 0.729. The Kier molecular flexibility index (Phi) is 4.49. The molecule has 0 amide bonds. The van der Waals surface area contributed by atoms with Gasteiger partial charge in [0.2, 0.25) is 5.88 Å². The molecule has 1 N–H and O–H groups in total. The van der Waals surface area contributed by atoms with E-state index >= 15 is 0 Å². The first kappa shape index (κ1) is 16.5. The monoisotopic (exact) mass is 357 g/mol. The first-order chi connectivity index (χ1) is 12.7. The summed E-state index contributed by atoms with van der Waals surface area (Å²) in [6, 6.07) is 7.58. The second kappa shape index (κ2) is 7.09. The Morgan fingerprint density at radius 2 is 1.96 bits per heavy atom. The van der Waals surface area contributed by atoms with Gasteiger partial charge >= 0.3 is 0 Å². The number of hydrogen-bond donors (Lipinski definition) is 1. The van der Waals surface area contributed by atoms with Crippen LogP contribution in [0.2, 0.25) is 0 Å². The molecule has 8 heteroatoms. The number of nitrogens with one attached hydrogen (secondary N) is 1. The SMILES string of the molecule is O=c1cc(-c2cnc(OC3CC(OCc4ccc(F)cc4)C3)cn2)o[nH]1. The molecule has 0 radical (unpaired) electrons. The minimum atomic E-state index is -0.330. The van der Waals surface area contributed by atoms with E-state index in [0.29, 0.717) is 23.9 Å².